The van der Waals surface area contributed by atoms with Crippen LogP contribution >= 0.6 is 0 Å². The van der Waals surface area contributed by atoms with Gasteiger partial charge >= 0.3 is 11.9 Å². The molecule has 4 aliphatic rings. The number of nitrogens with one attached hydrogen (secondary N) is 2. The fourth-order valence-electron chi connectivity index (χ4n) is 7.87. The molecular weight excluding hydrogens is 872 g/mol. The zero-order valence-corrected chi connectivity index (χ0v) is 35.1. The molecule has 27 heteroatoms. The number of hydrogen-bond donors (Lipinski definition) is 15. The average molecular weight is 935 g/mol. The lowest BCUT2D eigenvalue weighted by Crippen LogP contribution is -2.71. The maximum atomic E-state index is 13.0. The molecule has 27 nitrogen and oxygen atoms in total. The van der Waals surface area contributed by atoms with Gasteiger partial charge in [0.05, 0.1) is 38.1 Å². The summed E-state index contributed by atoms with van der Waals surface area (Å²) >= 11 is 0. The number of unbranched alkanes of at least 4 members (excludes halogenated alkanes) is 2. The monoisotopic (exact) mass is 934 g/mol. The van der Waals surface area contributed by atoms with Crippen LogP contribution in [-0.2, 0) is 57.1 Å². The van der Waals surface area contributed by atoms with Crippen molar-refractivity contribution in [2.24, 2.45) is 0 Å². The molecule has 0 saturated carbocycles. The Morgan fingerprint density at radius 1 is 0.703 bits per heavy atom. The second kappa shape index (κ2) is 23.7. The quantitative estimate of drug-likeness (QED) is 0.0475. The second-order valence-corrected chi connectivity index (χ2v) is 16.1. The Morgan fingerprint density at radius 3 is 1.88 bits per heavy atom. The van der Waals surface area contributed by atoms with Crippen LogP contribution in [0.4, 0.5) is 0 Å². The first-order valence-electron chi connectivity index (χ1n) is 20.6. The van der Waals surface area contributed by atoms with Crippen molar-refractivity contribution in [3.05, 3.63) is 0 Å². The number of aliphatic hydroxyl groups is 11. The van der Waals surface area contributed by atoms with Crippen LogP contribution < -0.4 is 10.6 Å². The van der Waals surface area contributed by atoms with Crippen molar-refractivity contribution in [1.82, 2.24) is 10.6 Å². The maximum Gasteiger partial charge on any atom is 0.364 e. The molecule has 0 spiro atoms. The highest BCUT2D eigenvalue weighted by atomic mass is 16.8. The molecule has 0 unspecified atom stereocenters. The van der Waals surface area contributed by atoms with Gasteiger partial charge in [-0.15, -0.1) is 0 Å². The number of ether oxygens (including phenoxy) is 8. The fourth-order valence-corrected chi connectivity index (χ4v) is 7.87. The van der Waals surface area contributed by atoms with E-state index >= 15 is 0 Å². The topological polar surface area (TPSA) is 429 Å². The maximum absolute atomic E-state index is 13.0. The van der Waals surface area contributed by atoms with E-state index in [1.807, 2.05) is 0 Å². The lowest BCUT2D eigenvalue weighted by atomic mass is 9.88. The van der Waals surface area contributed by atoms with Gasteiger partial charge in [-0.25, -0.2) is 4.79 Å². The van der Waals surface area contributed by atoms with E-state index in [1.165, 1.54) is 6.92 Å². The van der Waals surface area contributed by atoms with E-state index in [2.05, 4.69) is 10.6 Å². The fraction of sp³-hybridized carbons (Fsp3) is 0.892. The summed E-state index contributed by atoms with van der Waals surface area (Å²) in [7, 11) is 0. The second-order valence-electron chi connectivity index (χ2n) is 16.1. The molecule has 0 aromatic rings. The van der Waals surface area contributed by atoms with Crippen LogP contribution in [0.15, 0.2) is 0 Å². The first-order chi connectivity index (χ1) is 30.1. The zero-order chi connectivity index (χ0) is 47.8. The largest absolute Gasteiger partial charge is 0.481 e. The number of hydrogen-bond acceptors (Lipinski definition) is 23. The molecule has 370 valence electrons. The van der Waals surface area contributed by atoms with E-state index in [0.29, 0.717) is 19.3 Å². The summed E-state index contributed by atoms with van der Waals surface area (Å²) in [6, 6.07) is -3.09. The van der Waals surface area contributed by atoms with E-state index in [1.54, 1.807) is 0 Å². The summed E-state index contributed by atoms with van der Waals surface area (Å²) in [6.45, 7) is 0.267. The van der Waals surface area contributed by atoms with Gasteiger partial charge in [-0.3, -0.25) is 14.4 Å². The number of carbonyl (C=O) groups is 4. The molecule has 0 radical (unpaired) electrons. The molecule has 4 rings (SSSR count). The van der Waals surface area contributed by atoms with Gasteiger partial charge in [0.15, 0.2) is 18.9 Å². The van der Waals surface area contributed by atoms with E-state index in [9.17, 15) is 80.5 Å². The molecule has 4 fully saturated rings. The number of rotatable bonds is 21. The number of aliphatic hydroxyl groups excluding tert-OH is 11. The first-order valence-corrected chi connectivity index (χ1v) is 20.6. The summed E-state index contributed by atoms with van der Waals surface area (Å²) in [5, 5.41) is 142. The molecule has 0 aromatic carbocycles. The lowest BCUT2D eigenvalue weighted by Gasteiger charge is -2.51. The Hall–Kier alpha value is -2.88. The third kappa shape index (κ3) is 12.8. The molecule has 0 bridgehead atoms. The van der Waals surface area contributed by atoms with Gasteiger partial charge in [0, 0.05) is 33.3 Å². The molecule has 21 atom stereocenters. The highest BCUT2D eigenvalue weighted by Gasteiger charge is 2.61. The molecule has 0 aliphatic carbocycles. The van der Waals surface area contributed by atoms with Crippen LogP contribution in [0.5, 0.6) is 0 Å². The first kappa shape index (κ1) is 53.7. The van der Waals surface area contributed by atoms with Crippen molar-refractivity contribution in [3.63, 3.8) is 0 Å². The SMILES string of the molecule is CC(=O)N[C@H]1[C@H](OCCCCCC(=O)O)O[C@H](CO)[C@@H](O[C@@H]2O[C@H](CO)[C@H](O)[C@H](O[C@@]3(C(=O)O)C[C@H](O)[C@@H](NC(C)=O)[C@H]([C@H](O)[C@H](O)CO)O3)[C@H]2O)[C@@H]1O[C@@H]1O[C@@H](C)[C@@H](O)[C@@H](O)[C@@H]1O. The minimum absolute atomic E-state index is 0.0920. The summed E-state index contributed by atoms with van der Waals surface area (Å²) in [5.41, 5.74) is 0. The van der Waals surface area contributed by atoms with Gasteiger partial charge in [-0.05, 0) is 19.8 Å². The van der Waals surface area contributed by atoms with Crippen molar-refractivity contribution < 1.29 is 123 Å². The van der Waals surface area contributed by atoms with Crippen LogP contribution in [0.2, 0.25) is 0 Å². The molecule has 15 N–H and O–H groups in total. The minimum atomic E-state index is -3.14. The van der Waals surface area contributed by atoms with Gasteiger partial charge in [-0.2, -0.15) is 0 Å². The summed E-state index contributed by atoms with van der Waals surface area (Å²) in [6.07, 6.45) is -33.9. The third-order valence-electron chi connectivity index (χ3n) is 11.2. The Bertz CT molecular complexity index is 1530. The van der Waals surface area contributed by atoms with Gasteiger partial charge < -0.3 is 115 Å². The molecule has 4 aliphatic heterocycles. The van der Waals surface area contributed by atoms with Crippen LogP contribution in [0.3, 0.4) is 0 Å². The van der Waals surface area contributed by atoms with E-state index < -0.39 is 178 Å². The van der Waals surface area contributed by atoms with E-state index in [0.717, 1.165) is 13.8 Å². The van der Waals surface area contributed by atoms with Crippen molar-refractivity contribution in [1.29, 1.82) is 0 Å². The molecular formula is C37H62N2O25. The molecule has 2 amide bonds. The van der Waals surface area contributed by atoms with Crippen LogP contribution in [0.1, 0.15) is 52.9 Å². The number of carboxylic acid groups (broad SMARTS) is 2. The average Bonchev–Trinajstić information content (AvgIpc) is 3.23. The van der Waals surface area contributed by atoms with E-state index in [4.69, 9.17) is 43.0 Å². The normalized spacial score (nSPS) is 41.4. The highest BCUT2D eigenvalue weighted by molar-refractivity contribution is 5.76. The van der Waals surface area contributed by atoms with E-state index in [-0.39, 0.29) is 13.0 Å². The molecule has 64 heavy (non-hydrogen) atoms. The Kier molecular flexibility index (Phi) is 19.9. The lowest BCUT2D eigenvalue weighted by molar-refractivity contribution is -0.391. The number of carbonyl (C=O) groups excluding carboxylic acids is 2. The summed E-state index contributed by atoms with van der Waals surface area (Å²) in [5.74, 6) is -7.68. The predicted octanol–water partition coefficient (Wildman–Crippen LogP) is -7.56. The number of carboxylic acids is 2. The van der Waals surface area contributed by atoms with Crippen molar-refractivity contribution >= 4 is 23.8 Å². The Morgan fingerprint density at radius 2 is 1.30 bits per heavy atom. The molecule has 4 saturated heterocycles. The molecule has 4 heterocycles. The van der Waals surface area contributed by atoms with Crippen LogP contribution in [0.25, 0.3) is 0 Å². The van der Waals surface area contributed by atoms with Gasteiger partial charge in [0.2, 0.25) is 11.8 Å². The standard InChI is InChI=1S/C37H62N2O25/c1-13-23(49)26(52)27(53)34(58-13)62-31-22(39-15(3)44)33(57-8-6-4-5-7-20(47)48)60-19(12-42)29(31)61-35-28(54)32(25(51)18(11-41)59-35)64-37(36(55)56)9-16(45)21(38-14(2)43)30(63-37)24(50)17(46)10-40/h13,16-19,21-35,40-42,45-46,49-54H,4-12H2,1-3H3,(H,38,43)(H,39,44)(H,47,48)(H,55,56)/t13-,16-,17+,18+,19+,21+,22+,23+,24+,25-,26+,27-,28+,29+,30+,31+,32-,33+,34-,35-,37+/m0/s1. The minimum Gasteiger partial charge on any atom is -0.481 e. The van der Waals surface area contributed by atoms with Crippen LogP contribution in [0, 0.1) is 0 Å². The summed E-state index contributed by atoms with van der Waals surface area (Å²) in [4.78, 5) is 48.6. The number of amides is 2. The molecule has 0 aromatic heterocycles. The van der Waals surface area contributed by atoms with Crippen LogP contribution in [-0.4, -0.2) is 245 Å². The third-order valence-corrected chi connectivity index (χ3v) is 11.2. The zero-order valence-electron chi connectivity index (χ0n) is 35.1. The predicted molar refractivity (Wildman–Crippen MR) is 203 cm³/mol. The summed E-state index contributed by atoms with van der Waals surface area (Å²) < 4.78 is 46.9. The Balaban J connectivity index is 1.72. The van der Waals surface area contributed by atoms with Crippen molar-refractivity contribution in [3.8, 4) is 0 Å². The smallest absolute Gasteiger partial charge is 0.364 e. The highest BCUT2D eigenvalue weighted by Crippen LogP contribution is 2.39. The number of aliphatic carboxylic acids is 2. The van der Waals surface area contributed by atoms with Gasteiger partial charge in [0.25, 0.3) is 5.79 Å². The van der Waals surface area contributed by atoms with Crippen molar-refractivity contribution in [2.75, 3.05) is 26.4 Å². The van der Waals surface area contributed by atoms with Gasteiger partial charge in [-0.1, -0.05) is 6.42 Å². The van der Waals surface area contributed by atoms with Crippen molar-refractivity contribution in [2.45, 2.75) is 181 Å². The van der Waals surface area contributed by atoms with Gasteiger partial charge in [0.1, 0.15) is 85.4 Å². The Labute approximate surface area is 365 Å².